The van der Waals surface area contributed by atoms with Gasteiger partial charge in [0, 0.05) is 6.42 Å². The number of methoxy groups -OCH3 is 1. The van der Waals surface area contributed by atoms with Crippen LogP contribution in [0.2, 0.25) is 0 Å². The fraction of sp³-hybridized carbons (Fsp3) is 0.357. The predicted molar refractivity (Wildman–Crippen MR) is 76.1 cm³/mol. The lowest BCUT2D eigenvalue weighted by Gasteiger charge is -2.09. The molecule has 0 fully saturated rings. The molecule has 0 bridgehead atoms. The van der Waals surface area contributed by atoms with Crippen molar-refractivity contribution in [3.63, 3.8) is 0 Å². The molecule has 106 valence electrons. The smallest absolute Gasteiger partial charge is 0.295 e. The summed E-state index contributed by atoms with van der Waals surface area (Å²) in [6.45, 7) is 4.00. The van der Waals surface area contributed by atoms with E-state index in [1.54, 1.807) is 13.2 Å². The van der Waals surface area contributed by atoms with Crippen LogP contribution in [0.4, 0.5) is 5.69 Å². The number of carbonyl (C=O) groups excluding carboxylic acids is 1. The van der Waals surface area contributed by atoms with Gasteiger partial charge in [0.05, 0.1) is 12.8 Å². The first-order valence-corrected chi connectivity index (χ1v) is 6.51. The van der Waals surface area contributed by atoms with Crippen LogP contribution in [0.25, 0.3) is 0 Å². The minimum Gasteiger partial charge on any atom is -0.495 e. The molecule has 0 saturated carbocycles. The second-order valence-electron chi connectivity index (χ2n) is 4.51. The zero-order valence-electron chi connectivity index (χ0n) is 11.9. The monoisotopic (exact) mass is 274 g/mol. The maximum absolute atomic E-state index is 12.1. The molecule has 0 saturated heterocycles. The molecule has 1 aromatic heterocycles. The Morgan fingerprint density at radius 3 is 2.95 bits per heavy atom. The lowest BCUT2D eigenvalue weighted by atomic mass is 10.2. The molecule has 1 amide bonds. The Bertz CT molecular complexity index is 607. The van der Waals surface area contributed by atoms with E-state index in [1.807, 2.05) is 26.0 Å². The maximum atomic E-state index is 12.1. The van der Waals surface area contributed by atoms with E-state index in [0.717, 1.165) is 18.4 Å². The quantitative estimate of drug-likeness (QED) is 0.877. The third kappa shape index (κ3) is 3.14. The number of benzene rings is 1. The van der Waals surface area contributed by atoms with E-state index in [0.29, 0.717) is 17.3 Å². The summed E-state index contributed by atoms with van der Waals surface area (Å²) in [5.41, 5.74) is 1.66. The minimum atomic E-state index is -0.356. The van der Waals surface area contributed by atoms with Gasteiger partial charge in [0.1, 0.15) is 11.6 Å². The van der Waals surface area contributed by atoms with Crippen LogP contribution in [-0.2, 0) is 6.42 Å². The van der Waals surface area contributed by atoms with Crippen molar-refractivity contribution in [2.45, 2.75) is 26.7 Å². The highest BCUT2D eigenvalue weighted by Crippen LogP contribution is 2.25. The van der Waals surface area contributed by atoms with Crippen LogP contribution in [0, 0.1) is 6.92 Å². The lowest BCUT2D eigenvalue weighted by Crippen LogP contribution is -2.14. The van der Waals surface area contributed by atoms with Crippen LogP contribution in [0.1, 0.15) is 35.4 Å². The molecule has 0 unspecified atom stereocenters. The summed E-state index contributed by atoms with van der Waals surface area (Å²) in [6.07, 6.45) is 1.72. The zero-order valence-corrected chi connectivity index (χ0v) is 11.9. The van der Waals surface area contributed by atoms with E-state index in [2.05, 4.69) is 20.5 Å². The van der Waals surface area contributed by atoms with E-state index >= 15 is 0 Å². The molecular formula is C14H18N4O2. The van der Waals surface area contributed by atoms with Crippen molar-refractivity contribution in [3.05, 3.63) is 35.4 Å². The lowest BCUT2D eigenvalue weighted by molar-refractivity contribution is 0.101. The number of aryl methyl sites for hydroxylation is 2. The van der Waals surface area contributed by atoms with Crippen molar-refractivity contribution >= 4 is 11.6 Å². The first kappa shape index (κ1) is 14.0. The third-order valence-corrected chi connectivity index (χ3v) is 2.83. The highest BCUT2D eigenvalue weighted by Gasteiger charge is 2.14. The number of hydrogen-bond acceptors (Lipinski definition) is 4. The van der Waals surface area contributed by atoms with Crippen LogP contribution in [0.15, 0.2) is 18.2 Å². The van der Waals surface area contributed by atoms with Crippen LogP contribution < -0.4 is 10.1 Å². The number of amides is 1. The van der Waals surface area contributed by atoms with E-state index in [4.69, 9.17) is 4.74 Å². The first-order valence-electron chi connectivity index (χ1n) is 6.51. The number of hydrogen-bond donors (Lipinski definition) is 2. The topological polar surface area (TPSA) is 79.9 Å². The Kier molecular flexibility index (Phi) is 4.34. The first-order chi connectivity index (χ1) is 9.63. The summed E-state index contributed by atoms with van der Waals surface area (Å²) in [7, 11) is 1.57. The Hall–Kier alpha value is -2.37. The molecule has 6 heteroatoms. The van der Waals surface area contributed by atoms with Gasteiger partial charge in [-0.15, -0.1) is 5.10 Å². The van der Waals surface area contributed by atoms with Crippen molar-refractivity contribution in [2.75, 3.05) is 12.4 Å². The van der Waals surface area contributed by atoms with E-state index in [9.17, 15) is 4.79 Å². The Balaban J connectivity index is 2.14. The van der Waals surface area contributed by atoms with Gasteiger partial charge in [0.25, 0.3) is 5.91 Å². The molecule has 2 aromatic rings. The van der Waals surface area contributed by atoms with Gasteiger partial charge in [0.2, 0.25) is 5.82 Å². The molecule has 1 heterocycles. The van der Waals surface area contributed by atoms with Gasteiger partial charge < -0.3 is 10.1 Å². The number of carbonyl (C=O) groups is 1. The number of aromatic amines is 1. The average molecular weight is 274 g/mol. The molecule has 0 aliphatic carbocycles. The standard InChI is InChI=1S/C14H18N4O2/c1-4-5-12-16-13(18-17-12)14(19)15-10-7-6-9(2)8-11(10)20-3/h6-8H,4-5H2,1-3H3,(H,15,19)(H,16,17,18). The molecule has 1 aromatic carbocycles. The number of ether oxygens (including phenoxy) is 1. The second kappa shape index (κ2) is 6.18. The Morgan fingerprint density at radius 2 is 2.25 bits per heavy atom. The summed E-state index contributed by atoms with van der Waals surface area (Å²) in [4.78, 5) is 16.2. The van der Waals surface area contributed by atoms with Crippen molar-refractivity contribution in [1.82, 2.24) is 15.2 Å². The van der Waals surface area contributed by atoms with Gasteiger partial charge in [-0.05, 0) is 31.0 Å². The van der Waals surface area contributed by atoms with Crippen molar-refractivity contribution in [2.24, 2.45) is 0 Å². The molecule has 20 heavy (non-hydrogen) atoms. The summed E-state index contributed by atoms with van der Waals surface area (Å²) < 4.78 is 5.24. The number of anilines is 1. The normalized spacial score (nSPS) is 10.3. The van der Waals surface area contributed by atoms with Gasteiger partial charge >= 0.3 is 0 Å². The minimum absolute atomic E-state index is 0.135. The summed E-state index contributed by atoms with van der Waals surface area (Å²) in [5, 5.41) is 9.42. The second-order valence-corrected chi connectivity index (χ2v) is 4.51. The molecule has 0 atom stereocenters. The van der Waals surface area contributed by atoms with Gasteiger partial charge in [-0.2, -0.15) is 0 Å². The number of nitrogens with one attached hydrogen (secondary N) is 2. The Labute approximate surface area is 117 Å². The highest BCUT2D eigenvalue weighted by molar-refractivity contribution is 6.02. The maximum Gasteiger partial charge on any atom is 0.295 e. The fourth-order valence-electron chi connectivity index (χ4n) is 1.83. The largest absolute Gasteiger partial charge is 0.495 e. The van der Waals surface area contributed by atoms with Gasteiger partial charge in [-0.3, -0.25) is 9.89 Å². The third-order valence-electron chi connectivity index (χ3n) is 2.83. The molecule has 2 N–H and O–H groups in total. The molecule has 0 radical (unpaired) electrons. The molecule has 2 rings (SSSR count). The number of nitrogens with zero attached hydrogens (tertiary/aromatic N) is 2. The zero-order chi connectivity index (χ0) is 14.5. The number of aromatic nitrogens is 3. The molecular weight excluding hydrogens is 256 g/mol. The summed E-state index contributed by atoms with van der Waals surface area (Å²) >= 11 is 0. The van der Waals surface area contributed by atoms with Gasteiger partial charge in [-0.1, -0.05) is 13.0 Å². The number of rotatable bonds is 5. The van der Waals surface area contributed by atoms with E-state index in [1.165, 1.54) is 0 Å². The SMILES string of the molecule is CCCc1nc(C(=O)Nc2ccc(C)cc2OC)n[nH]1. The molecule has 6 nitrogen and oxygen atoms in total. The van der Waals surface area contributed by atoms with Crippen molar-refractivity contribution < 1.29 is 9.53 Å². The predicted octanol–water partition coefficient (Wildman–Crippen LogP) is 2.33. The fourth-order valence-corrected chi connectivity index (χ4v) is 1.83. The van der Waals surface area contributed by atoms with Gasteiger partial charge in [0.15, 0.2) is 0 Å². The summed E-state index contributed by atoms with van der Waals surface area (Å²) in [5.74, 6) is 1.11. The van der Waals surface area contributed by atoms with Crippen LogP contribution in [0.3, 0.4) is 0 Å². The number of H-pyrrole nitrogens is 1. The summed E-state index contributed by atoms with van der Waals surface area (Å²) in [6, 6.07) is 5.56. The highest BCUT2D eigenvalue weighted by atomic mass is 16.5. The molecule has 0 aliphatic heterocycles. The van der Waals surface area contributed by atoms with Gasteiger partial charge in [-0.25, -0.2) is 4.98 Å². The average Bonchev–Trinajstić information content (AvgIpc) is 2.90. The van der Waals surface area contributed by atoms with Crippen LogP contribution >= 0.6 is 0 Å². The molecule has 0 spiro atoms. The van der Waals surface area contributed by atoms with E-state index in [-0.39, 0.29) is 11.7 Å². The Morgan fingerprint density at radius 1 is 1.45 bits per heavy atom. The molecule has 0 aliphatic rings. The van der Waals surface area contributed by atoms with Crippen LogP contribution in [-0.4, -0.2) is 28.2 Å². The van der Waals surface area contributed by atoms with Crippen LogP contribution in [0.5, 0.6) is 5.75 Å². The van der Waals surface area contributed by atoms with E-state index < -0.39 is 0 Å². The van der Waals surface area contributed by atoms with Crippen molar-refractivity contribution in [1.29, 1.82) is 0 Å². The van der Waals surface area contributed by atoms with Crippen molar-refractivity contribution in [3.8, 4) is 5.75 Å².